The molecule has 4 amide bonds. The van der Waals surface area contributed by atoms with Crippen LogP contribution >= 0.6 is 11.6 Å². The minimum absolute atomic E-state index is 0.210. The first-order chi connectivity index (χ1) is 11.9. The Morgan fingerprint density at radius 3 is 2.56 bits per heavy atom. The second kappa shape index (κ2) is 6.45. The van der Waals surface area contributed by atoms with Crippen LogP contribution in [0.1, 0.15) is 11.5 Å². The monoisotopic (exact) mass is 360 g/mol. The lowest BCUT2D eigenvalue weighted by molar-refractivity contribution is -0.122. The SMILES string of the molecule is COc1ccc(N2C(=O)NC(=O)/C(=C/c3ccc(C)o3)C2=O)cc1Cl. The third-order valence-corrected chi connectivity index (χ3v) is 3.84. The number of halogens is 1. The minimum Gasteiger partial charge on any atom is -0.495 e. The molecule has 25 heavy (non-hydrogen) atoms. The number of rotatable bonds is 3. The molecule has 2 aromatic rings. The van der Waals surface area contributed by atoms with Gasteiger partial charge in [-0.05, 0) is 43.3 Å². The zero-order valence-electron chi connectivity index (χ0n) is 13.3. The highest BCUT2D eigenvalue weighted by molar-refractivity contribution is 6.39. The number of furan rings is 1. The molecule has 0 bridgehead atoms. The maximum atomic E-state index is 12.7. The molecular formula is C17H13ClN2O5. The smallest absolute Gasteiger partial charge is 0.335 e. The van der Waals surface area contributed by atoms with E-state index in [2.05, 4.69) is 5.32 Å². The number of carbonyl (C=O) groups excluding carboxylic acids is 3. The molecule has 1 aliphatic rings. The quantitative estimate of drug-likeness (QED) is 0.671. The van der Waals surface area contributed by atoms with Gasteiger partial charge in [0.25, 0.3) is 11.8 Å². The highest BCUT2D eigenvalue weighted by Gasteiger charge is 2.37. The lowest BCUT2D eigenvalue weighted by Crippen LogP contribution is -2.54. The molecule has 1 fully saturated rings. The van der Waals surface area contributed by atoms with Crippen LogP contribution in [0.4, 0.5) is 10.5 Å². The second-order valence-electron chi connectivity index (χ2n) is 5.23. The van der Waals surface area contributed by atoms with E-state index in [4.69, 9.17) is 20.8 Å². The average molecular weight is 361 g/mol. The van der Waals surface area contributed by atoms with Crippen molar-refractivity contribution in [1.29, 1.82) is 0 Å². The van der Waals surface area contributed by atoms with Gasteiger partial charge in [-0.2, -0.15) is 0 Å². The van der Waals surface area contributed by atoms with Crippen molar-refractivity contribution in [2.45, 2.75) is 6.92 Å². The first kappa shape index (κ1) is 16.8. The van der Waals surface area contributed by atoms with E-state index in [9.17, 15) is 14.4 Å². The Morgan fingerprint density at radius 1 is 1.20 bits per heavy atom. The Labute approximate surface area is 147 Å². The Bertz CT molecular complexity index is 916. The van der Waals surface area contributed by atoms with Crippen LogP contribution in [0.2, 0.25) is 5.02 Å². The molecule has 1 aromatic heterocycles. The van der Waals surface area contributed by atoms with E-state index in [-0.39, 0.29) is 16.3 Å². The van der Waals surface area contributed by atoms with Gasteiger partial charge in [0.1, 0.15) is 22.8 Å². The van der Waals surface area contributed by atoms with Crippen molar-refractivity contribution >= 4 is 41.2 Å². The Kier molecular flexibility index (Phi) is 4.33. The van der Waals surface area contributed by atoms with Crippen molar-refractivity contribution in [2.75, 3.05) is 12.0 Å². The molecule has 8 heteroatoms. The van der Waals surface area contributed by atoms with Crippen molar-refractivity contribution in [3.8, 4) is 5.75 Å². The molecule has 1 saturated heterocycles. The van der Waals surface area contributed by atoms with Crippen LogP contribution in [0.5, 0.6) is 5.75 Å². The maximum Gasteiger partial charge on any atom is 0.335 e. The van der Waals surface area contributed by atoms with E-state index in [0.717, 1.165) is 4.90 Å². The van der Waals surface area contributed by atoms with Gasteiger partial charge in [-0.1, -0.05) is 11.6 Å². The standard InChI is InChI=1S/C17H13ClN2O5/c1-9-3-5-11(25-9)8-12-15(21)19-17(23)20(16(12)22)10-4-6-14(24-2)13(18)7-10/h3-8H,1-2H3,(H,19,21,23)/b12-8-. The topological polar surface area (TPSA) is 88.8 Å². The molecule has 1 N–H and O–H groups in total. The summed E-state index contributed by atoms with van der Waals surface area (Å²) in [6, 6.07) is 6.88. The van der Waals surface area contributed by atoms with E-state index in [1.54, 1.807) is 19.1 Å². The molecule has 0 atom stereocenters. The Balaban J connectivity index is 2.01. The summed E-state index contributed by atoms with van der Waals surface area (Å²) < 4.78 is 10.4. The predicted molar refractivity (Wildman–Crippen MR) is 90.5 cm³/mol. The van der Waals surface area contributed by atoms with E-state index in [0.29, 0.717) is 17.3 Å². The van der Waals surface area contributed by atoms with Crippen LogP contribution in [0.15, 0.2) is 40.3 Å². The molecule has 2 heterocycles. The van der Waals surface area contributed by atoms with Gasteiger partial charge < -0.3 is 9.15 Å². The molecule has 0 saturated carbocycles. The predicted octanol–water partition coefficient (Wildman–Crippen LogP) is 2.92. The number of nitrogens with one attached hydrogen (secondary N) is 1. The van der Waals surface area contributed by atoms with Gasteiger partial charge in [0.05, 0.1) is 17.8 Å². The number of amides is 4. The minimum atomic E-state index is -0.857. The summed E-state index contributed by atoms with van der Waals surface area (Å²) in [7, 11) is 1.45. The molecule has 1 aromatic carbocycles. The van der Waals surface area contributed by atoms with Gasteiger partial charge in [-0.25, -0.2) is 9.69 Å². The van der Waals surface area contributed by atoms with Crippen molar-refractivity contribution in [2.24, 2.45) is 0 Å². The Hall–Kier alpha value is -3.06. The highest BCUT2D eigenvalue weighted by atomic mass is 35.5. The second-order valence-corrected chi connectivity index (χ2v) is 5.63. The van der Waals surface area contributed by atoms with E-state index in [1.807, 2.05) is 0 Å². The summed E-state index contributed by atoms with van der Waals surface area (Å²) in [6.07, 6.45) is 1.29. The molecule has 0 radical (unpaired) electrons. The van der Waals surface area contributed by atoms with Crippen LogP contribution in [-0.4, -0.2) is 25.0 Å². The first-order valence-corrected chi connectivity index (χ1v) is 7.60. The number of benzene rings is 1. The number of hydrogen-bond donors (Lipinski definition) is 1. The first-order valence-electron chi connectivity index (χ1n) is 7.22. The largest absolute Gasteiger partial charge is 0.495 e. The molecule has 0 aliphatic carbocycles. The Morgan fingerprint density at radius 2 is 1.96 bits per heavy atom. The van der Waals surface area contributed by atoms with Crippen molar-refractivity contribution in [3.63, 3.8) is 0 Å². The number of ether oxygens (including phenoxy) is 1. The summed E-state index contributed by atoms with van der Waals surface area (Å²) >= 11 is 6.05. The number of hydrogen-bond acceptors (Lipinski definition) is 5. The van der Waals surface area contributed by atoms with Crippen LogP contribution in [0, 0.1) is 6.92 Å². The third-order valence-electron chi connectivity index (χ3n) is 3.54. The lowest BCUT2D eigenvalue weighted by Gasteiger charge is -2.26. The number of carbonyl (C=O) groups is 3. The van der Waals surface area contributed by atoms with Gasteiger partial charge in [-0.3, -0.25) is 14.9 Å². The van der Waals surface area contributed by atoms with E-state index in [1.165, 1.54) is 31.4 Å². The van der Waals surface area contributed by atoms with Crippen LogP contribution in [-0.2, 0) is 9.59 Å². The van der Waals surface area contributed by atoms with Gasteiger partial charge in [0.15, 0.2) is 0 Å². The fourth-order valence-electron chi connectivity index (χ4n) is 2.36. The molecule has 1 aliphatic heterocycles. The summed E-state index contributed by atoms with van der Waals surface area (Å²) in [5.74, 6) is -0.208. The van der Waals surface area contributed by atoms with Crippen LogP contribution in [0.3, 0.4) is 0 Å². The molecular weight excluding hydrogens is 348 g/mol. The fraction of sp³-hybridized carbons (Fsp3) is 0.118. The average Bonchev–Trinajstić information content (AvgIpc) is 2.96. The zero-order chi connectivity index (χ0) is 18.1. The highest BCUT2D eigenvalue weighted by Crippen LogP contribution is 2.31. The van der Waals surface area contributed by atoms with Gasteiger partial charge in [0, 0.05) is 0 Å². The summed E-state index contributed by atoms with van der Waals surface area (Å²) in [5.41, 5.74) is -0.0109. The van der Waals surface area contributed by atoms with Crippen LogP contribution < -0.4 is 15.0 Å². The maximum absolute atomic E-state index is 12.7. The summed E-state index contributed by atoms with van der Waals surface area (Å²) in [6.45, 7) is 1.74. The van der Waals surface area contributed by atoms with Crippen LogP contribution in [0.25, 0.3) is 6.08 Å². The summed E-state index contributed by atoms with van der Waals surface area (Å²) in [4.78, 5) is 37.7. The normalized spacial score (nSPS) is 16.4. The number of anilines is 1. The zero-order valence-corrected chi connectivity index (χ0v) is 14.1. The number of barbiturate groups is 1. The molecule has 0 unspecified atom stereocenters. The number of nitrogens with zero attached hydrogens (tertiary/aromatic N) is 1. The third kappa shape index (κ3) is 3.14. The van der Waals surface area contributed by atoms with E-state index >= 15 is 0 Å². The van der Waals surface area contributed by atoms with Gasteiger partial charge in [0.2, 0.25) is 0 Å². The fourth-order valence-corrected chi connectivity index (χ4v) is 2.61. The number of aryl methyl sites for hydroxylation is 1. The van der Waals surface area contributed by atoms with Gasteiger partial charge >= 0.3 is 6.03 Å². The van der Waals surface area contributed by atoms with Gasteiger partial charge in [-0.15, -0.1) is 0 Å². The van der Waals surface area contributed by atoms with Crippen molar-refractivity contribution < 1.29 is 23.5 Å². The lowest BCUT2D eigenvalue weighted by atomic mass is 10.1. The number of methoxy groups -OCH3 is 1. The van der Waals surface area contributed by atoms with Crippen molar-refractivity contribution in [1.82, 2.24) is 5.32 Å². The van der Waals surface area contributed by atoms with E-state index < -0.39 is 17.8 Å². The molecule has 7 nitrogen and oxygen atoms in total. The molecule has 0 spiro atoms. The molecule has 128 valence electrons. The number of imide groups is 2. The van der Waals surface area contributed by atoms with Crippen molar-refractivity contribution in [3.05, 3.63) is 52.4 Å². The molecule has 3 rings (SSSR count). The number of urea groups is 1. The summed E-state index contributed by atoms with van der Waals surface area (Å²) in [5, 5.41) is 2.35.